The van der Waals surface area contributed by atoms with Gasteiger partial charge in [-0.2, -0.15) is 5.10 Å². The number of carbonyl (C=O) groups is 3. The van der Waals surface area contributed by atoms with E-state index in [1.165, 1.54) is 13.3 Å². The number of nitrogens with zero attached hydrogens (tertiary/aromatic N) is 1. The highest BCUT2D eigenvalue weighted by Crippen LogP contribution is 2.23. The van der Waals surface area contributed by atoms with E-state index in [1.54, 1.807) is 54.6 Å². The van der Waals surface area contributed by atoms with Crippen LogP contribution < -0.4 is 20.2 Å². The van der Waals surface area contributed by atoms with Gasteiger partial charge in [-0.25, -0.2) is 10.2 Å². The molecule has 3 aromatic rings. The molecule has 0 fully saturated rings. The maximum atomic E-state index is 12.5. The van der Waals surface area contributed by atoms with Crippen LogP contribution in [0.3, 0.4) is 0 Å². The van der Waals surface area contributed by atoms with Gasteiger partial charge in [-0.15, -0.1) is 0 Å². The van der Waals surface area contributed by atoms with Crippen LogP contribution >= 0.6 is 15.9 Å². The minimum absolute atomic E-state index is 0.223. The number of anilines is 1. The fourth-order valence-corrected chi connectivity index (χ4v) is 3.08. The van der Waals surface area contributed by atoms with Crippen LogP contribution in [0.2, 0.25) is 0 Å². The third kappa shape index (κ3) is 6.50. The van der Waals surface area contributed by atoms with Crippen molar-refractivity contribution in [1.29, 1.82) is 0 Å². The van der Waals surface area contributed by atoms with E-state index < -0.39 is 17.8 Å². The average molecular weight is 510 g/mol. The summed E-state index contributed by atoms with van der Waals surface area (Å²) in [5.41, 5.74) is 4.26. The van der Waals surface area contributed by atoms with Crippen LogP contribution in [-0.4, -0.2) is 31.1 Å². The van der Waals surface area contributed by atoms with Gasteiger partial charge in [-0.1, -0.05) is 34.1 Å². The predicted octanol–water partition coefficient (Wildman–Crippen LogP) is 4.07. The monoisotopic (exact) mass is 509 g/mol. The predicted molar refractivity (Wildman–Crippen MR) is 128 cm³/mol. The molecule has 9 heteroatoms. The highest BCUT2D eigenvalue weighted by Gasteiger charge is 2.15. The van der Waals surface area contributed by atoms with Crippen LogP contribution in [-0.2, 0) is 9.59 Å². The number of hydrazone groups is 1. The average Bonchev–Trinajstić information content (AvgIpc) is 2.82. The van der Waals surface area contributed by atoms with Gasteiger partial charge < -0.3 is 14.8 Å². The fraction of sp³-hybridized carbons (Fsp3) is 0.0833. The minimum Gasteiger partial charge on any atom is -0.497 e. The molecule has 2 N–H and O–H groups in total. The summed E-state index contributed by atoms with van der Waals surface area (Å²) in [6, 6.07) is 18.5. The van der Waals surface area contributed by atoms with Crippen molar-refractivity contribution in [2.45, 2.75) is 6.92 Å². The van der Waals surface area contributed by atoms with E-state index in [1.807, 2.05) is 19.1 Å². The van der Waals surface area contributed by atoms with Crippen molar-refractivity contribution in [3.63, 3.8) is 0 Å². The number of methoxy groups -OCH3 is 1. The number of hydrogen-bond donors (Lipinski definition) is 2. The lowest BCUT2D eigenvalue weighted by atomic mass is 10.2. The molecule has 0 atom stereocenters. The van der Waals surface area contributed by atoms with Crippen LogP contribution in [0.4, 0.5) is 5.69 Å². The molecule has 33 heavy (non-hydrogen) atoms. The molecular weight excluding hydrogens is 490 g/mol. The normalized spacial score (nSPS) is 10.5. The maximum absolute atomic E-state index is 12.5. The number of carbonyl (C=O) groups excluding carboxylic acids is 3. The molecule has 0 unspecified atom stereocenters. The lowest BCUT2D eigenvalue weighted by molar-refractivity contribution is -0.136. The lowest BCUT2D eigenvalue weighted by Gasteiger charge is -2.09. The molecule has 0 radical (unpaired) electrons. The second kappa shape index (κ2) is 11.1. The molecule has 8 nitrogen and oxygen atoms in total. The number of nitrogens with one attached hydrogen (secondary N) is 2. The smallest absolute Gasteiger partial charge is 0.343 e. The number of hydrogen-bond acceptors (Lipinski definition) is 6. The quantitative estimate of drug-likeness (QED) is 0.171. The van der Waals surface area contributed by atoms with Crippen molar-refractivity contribution in [3.8, 4) is 11.5 Å². The maximum Gasteiger partial charge on any atom is 0.343 e. The topological polar surface area (TPSA) is 106 Å². The Kier molecular flexibility index (Phi) is 7.93. The standard InChI is InChI=1S/C24H20BrN3O5/c1-15-5-3-4-6-20(15)27-22(29)23(30)28-26-14-17-13-18(25)9-12-21(17)33-24(31)16-7-10-19(32-2)11-8-16/h3-14H,1-2H3,(H,27,29)(H,28,30). The summed E-state index contributed by atoms with van der Waals surface area (Å²) in [6.07, 6.45) is 1.28. The zero-order chi connectivity index (χ0) is 23.8. The number of ether oxygens (including phenoxy) is 2. The summed E-state index contributed by atoms with van der Waals surface area (Å²) in [6.45, 7) is 1.81. The Balaban J connectivity index is 1.67. The van der Waals surface area contributed by atoms with Gasteiger partial charge in [0.05, 0.1) is 18.9 Å². The van der Waals surface area contributed by atoms with Gasteiger partial charge in [0, 0.05) is 15.7 Å². The van der Waals surface area contributed by atoms with E-state index >= 15 is 0 Å². The van der Waals surface area contributed by atoms with Crippen molar-refractivity contribution in [1.82, 2.24) is 5.43 Å². The SMILES string of the molecule is COc1ccc(C(=O)Oc2ccc(Br)cc2C=NNC(=O)C(=O)Nc2ccccc2C)cc1. The fourth-order valence-electron chi connectivity index (χ4n) is 2.70. The summed E-state index contributed by atoms with van der Waals surface area (Å²) in [5, 5.41) is 6.34. The zero-order valence-corrected chi connectivity index (χ0v) is 19.4. The zero-order valence-electron chi connectivity index (χ0n) is 17.8. The first-order valence-corrected chi connectivity index (χ1v) is 10.5. The second-order valence-corrected chi connectivity index (χ2v) is 7.68. The molecule has 3 aromatic carbocycles. The van der Waals surface area contributed by atoms with Crippen molar-refractivity contribution < 1.29 is 23.9 Å². The number of aryl methyl sites for hydroxylation is 1. The Morgan fingerprint density at radius 3 is 2.39 bits per heavy atom. The Hall–Kier alpha value is -3.98. The highest BCUT2D eigenvalue weighted by atomic mass is 79.9. The number of halogens is 1. The molecule has 0 aliphatic carbocycles. The summed E-state index contributed by atoms with van der Waals surface area (Å²) in [7, 11) is 1.53. The summed E-state index contributed by atoms with van der Waals surface area (Å²) < 4.78 is 11.3. The molecule has 3 rings (SSSR count). The van der Waals surface area contributed by atoms with Gasteiger partial charge >= 0.3 is 17.8 Å². The van der Waals surface area contributed by atoms with Gasteiger partial charge in [0.2, 0.25) is 0 Å². The first kappa shape index (κ1) is 23.7. The van der Waals surface area contributed by atoms with Crippen LogP contribution in [0, 0.1) is 6.92 Å². The van der Waals surface area contributed by atoms with Gasteiger partial charge in [0.15, 0.2) is 0 Å². The van der Waals surface area contributed by atoms with E-state index in [9.17, 15) is 14.4 Å². The molecule has 0 saturated heterocycles. The summed E-state index contributed by atoms with van der Waals surface area (Å²) >= 11 is 3.34. The molecule has 0 heterocycles. The highest BCUT2D eigenvalue weighted by molar-refractivity contribution is 9.10. The van der Waals surface area contributed by atoms with E-state index in [2.05, 4.69) is 31.8 Å². The van der Waals surface area contributed by atoms with E-state index in [0.29, 0.717) is 27.0 Å². The second-order valence-electron chi connectivity index (χ2n) is 6.77. The first-order valence-electron chi connectivity index (χ1n) is 9.73. The Morgan fingerprint density at radius 2 is 1.70 bits per heavy atom. The van der Waals surface area contributed by atoms with Crippen LogP contribution in [0.5, 0.6) is 11.5 Å². The van der Waals surface area contributed by atoms with Crippen molar-refractivity contribution in [2.24, 2.45) is 5.10 Å². The molecule has 168 valence electrons. The summed E-state index contributed by atoms with van der Waals surface area (Å²) in [5.74, 6) is -1.54. The molecule has 0 bridgehead atoms. The van der Waals surface area contributed by atoms with Crippen LogP contribution in [0.25, 0.3) is 0 Å². The van der Waals surface area contributed by atoms with Crippen LogP contribution in [0.15, 0.2) is 76.3 Å². The van der Waals surface area contributed by atoms with Gasteiger partial charge in [0.1, 0.15) is 11.5 Å². The summed E-state index contributed by atoms with van der Waals surface area (Å²) in [4.78, 5) is 36.6. The van der Waals surface area contributed by atoms with Gasteiger partial charge in [-0.05, 0) is 61.0 Å². The number of rotatable bonds is 6. The molecule has 0 aliphatic rings. The largest absolute Gasteiger partial charge is 0.497 e. The Labute approximate surface area is 198 Å². The third-order valence-electron chi connectivity index (χ3n) is 4.47. The number of amides is 2. The van der Waals surface area contributed by atoms with E-state index in [0.717, 1.165) is 5.56 Å². The minimum atomic E-state index is -0.943. The van der Waals surface area contributed by atoms with Crippen molar-refractivity contribution >= 4 is 45.6 Å². The molecule has 0 aromatic heterocycles. The third-order valence-corrected chi connectivity index (χ3v) is 4.96. The molecule has 0 spiro atoms. The number of benzene rings is 3. The van der Waals surface area contributed by atoms with E-state index in [-0.39, 0.29) is 5.75 Å². The molecule has 0 aliphatic heterocycles. The Bertz CT molecular complexity index is 1210. The van der Waals surface area contributed by atoms with Crippen molar-refractivity contribution in [2.75, 3.05) is 12.4 Å². The molecule has 0 saturated carbocycles. The van der Waals surface area contributed by atoms with Gasteiger partial charge in [-0.3, -0.25) is 9.59 Å². The molecular formula is C24H20BrN3O5. The lowest BCUT2D eigenvalue weighted by Crippen LogP contribution is -2.32. The van der Waals surface area contributed by atoms with E-state index in [4.69, 9.17) is 9.47 Å². The number of esters is 1. The Morgan fingerprint density at radius 1 is 0.970 bits per heavy atom. The first-order chi connectivity index (χ1) is 15.9. The molecule has 2 amide bonds. The number of para-hydroxylation sites is 1. The van der Waals surface area contributed by atoms with Crippen LogP contribution in [0.1, 0.15) is 21.5 Å². The van der Waals surface area contributed by atoms with Gasteiger partial charge in [0.25, 0.3) is 0 Å². The van der Waals surface area contributed by atoms with Crippen molar-refractivity contribution in [3.05, 3.63) is 87.9 Å².